The second-order valence-electron chi connectivity index (χ2n) is 15.1. The quantitative estimate of drug-likeness (QED) is 0.0968. The van der Waals surface area contributed by atoms with Gasteiger partial charge in [-0.2, -0.15) is 0 Å². The minimum atomic E-state index is -1.11. The average Bonchev–Trinajstić information content (AvgIpc) is 3.11. The van der Waals surface area contributed by atoms with E-state index in [2.05, 4.69) is 31.9 Å². The molecule has 2 rings (SSSR count). The lowest BCUT2D eigenvalue weighted by molar-refractivity contribution is -0.146. The Bertz CT molecular complexity index is 1620. The van der Waals surface area contributed by atoms with Crippen LogP contribution in [0, 0.1) is 11.8 Å². The molecule has 55 heavy (non-hydrogen) atoms. The van der Waals surface area contributed by atoms with Crippen molar-refractivity contribution in [2.45, 2.75) is 117 Å². The maximum atomic E-state index is 14.2. The third-order valence-corrected chi connectivity index (χ3v) is 8.78. The predicted molar refractivity (Wildman–Crippen MR) is 214 cm³/mol. The van der Waals surface area contributed by atoms with Crippen LogP contribution in [0.2, 0.25) is 0 Å². The molecular weight excluding hydrogens is 725 g/mol. The number of hydrogen-bond acceptors (Lipinski definition) is 9. The van der Waals surface area contributed by atoms with E-state index >= 15 is 0 Å². The van der Waals surface area contributed by atoms with Crippen molar-refractivity contribution >= 4 is 52.9 Å². The summed E-state index contributed by atoms with van der Waals surface area (Å²) in [4.78, 5) is 78.8. The van der Waals surface area contributed by atoms with Crippen molar-refractivity contribution in [1.82, 2.24) is 31.9 Å². The fourth-order valence-corrected chi connectivity index (χ4v) is 5.57. The van der Waals surface area contributed by atoms with E-state index in [0.717, 1.165) is 11.1 Å². The molecule has 302 valence electrons. The molecule has 0 spiro atoms. The Balaban J connectivity index is 2.33. The molecule has 0 aliphatic rings. The summed E-state index contributed by atoms with van der Waals surface area (Å²) in [6.45, 7) is 15.2. The van der Waals surface area contributed by atoms with Crippen LogP contribution < -0.4 is 31.9 Å². The van der Waals surface area contributed by atoms with Crippen LogP contribution in [0.15, 0.2) is 60.7 Å². The van der Waals surface area contributed by atoms with Gasteiger partial charge >= 0.3 is 12.1 Å². The van der Waals surface area contributed by atoms with Gasteiger partial charge in [-0.25, -0.2) is 9.59 Å². The van der Waals surface area contributed by atoms with E-state index in [9.17, 15) is 28.8 Å². The van der Waals surface area contributed by atoms with Crippen LogP contribution in [0.25, 0.3) is 0 Å². The zero-order valence-corrected chi connectivity index (χ0v) is 34.3. The second-order valence-corrected chi connectivity index (χ2v) is 15.5. The highest BCUT2D eigenvalue weighted by Gasteiger charge is 2.33. The zero-order chi connectivity index (χ0) is 41.5. The van der Waals surface area contributed by atoms with Crippen LogP contribution in [0.3, 0.4) is 0 Å². The van der Waals surface area contributed by atoms with E-state index in [0.29, 0.717) is 0 Å². The number of carbonyl (C=O) groups excluding carboxylic acids is 6. The van der Waals surface area contributed by atoms with Gasteiger partial charge in [0.25, 0.3) is 0 Å². The number of esters is 1. The smallest absolute Gasteiger partial charge is 0.408 e. The number of nitrogens with one attached hydrogen (secondary N) is 6. The zero-order valence-electron chi connectivity index (χ0n) is 33.5. The highest BCUT2D eigenvalue weighted by Crippen LogP contribution is 2.12. The van der Waals surface area contributed by atoms with Crippen LogP contribution in [0.1, 0.15) is 73.4 Å². The minimum Gasteiger partial charge on any atom is -0.467 e. The first-order chi connectivity index (χ1) is 25.7. The molecule has 6 atom stereocenters. The summed E-state index contributed by atoms with van der Waals surface area (Å²) in [7, 11) is 1.26. The first kappa shape index (κ1) is 46.1. The molecule has 0 radical (unpaired) electrons. The second kappa shape index (κ2) is 21.7. The summed E-state index contributed by atoms with van der Waals surface area (Å²) in [6.07, 6.45) is -0.428. The molecular formula is C40H58N6O8S. The Labute approximate surface area is 330 Å². The van der Waals surface area contributed by atoms with Gasteiger partial charge in [-0.05, 0) is 64.0 Å². The number of benzene rings is 2. The molecule has 2 aromatic carbocycles. The highest BCUT2D eigenvalue weighted by atomic mass is 32.1. The molecule has 6 N–H and O–H groups in total. The van der Waals surface area contributed by atoms with Crippen molar-refractivity contribution in [3.63, 3.8) is 0 Å². The third-order valence-electron chi connectivity index (χ3n) is 8.38. The van der Waals surface area contributed by atoms with Gasteiger partial charge in [-0.15, -0.1) is 0 Å². The number of thiocarbonyl (C=S) groups is 1. The lowest BCUT2D eigenvalue weighted by atomic mass is 9.99. The van der Waals surface area contributed by atoms with Gasteiger partial charge in [0.2, 0.25) is 23.6 Å². The van der Waals surface area contributed by atoms with E-state index in [1.165, 1.54) is 21.0 Å². The Morgan fingerprint density at radius 2 is 1.04 bits per heavy atom. The molecule has 0 heterocycles. The number of amides is 5. The first-order valence-corrected chi connectivity index (χ1v) is 18.8. The Morgan fingerprint density at radius 3 is 1.51 bits per heavy atom. The van der Waals surface area contributed by atoms with Gasteiger partial charge < -0.3 is 41.4 Å². The van der Waals surface area contributed by atoms with E-state index < -0.39 is 77.5 Å². The number of ether oxygens (including phenoxy) is 2. The largest absolute Gasteiger partial charge is 0.467 e. The van der Waals surface area contributed by atoms with Crippen molar-refractivity contribution in [3.05, 3.63) is 71.8 Å². The minimum absolute atomic E-state index is 0.106. The Morgan fingerprint density at radius 1 is 0.582 bits per heavy atom. The van der Waals surface area contributed by atoms with E-state index in [-0.39, 0.29) is 29.7 Å². The van der Waals surface area contributed by atoms with Gasteiger partial charge in [0.15, 0.2) is 0 Å². The molecule has 0 saturated heterocycles. The van der Waals surface area contributed by atoms with Crippen LogP contribution in [0.5, 0.6) is 0 Å². The Hall–Kier alpha value is -5.05. The molecule has 0 aliphatic carbocycles. The number of rotatable bonds is 18. The number of methoxy groups -OCH3 is 1. The Kier molecular flexibility index (Phi) is 18.2. The summed E-state index contributed by atoms with van der Waals surface area (Å²) < 4.78 is 10.1. The summed E-state index contributed by atoms with van der Waals surface area (Å²) in [5.41, 5.74) is 0.842. The summed E-state index contributed by atoms with van der Waals surface area (Å²) in [5, 5.41) is 16.7. The molecule has 5 amide bonds. The van der Waals surface area contributed by atoms with Crippen LogP contribution >= 0.6 is 12.2 Å². The lowest BCUT2D eigenvalue weighted by Crippen LogP contribution is -2.60. The monoisotopic (exact) mass is 782 g/mol. The molecule has 0 bridgehead atoms. The fraction of sp³-hybridized carbons (Fsp3) is 0.525. The van der Waals surface area contributed by atoms with Crippen molar-refractivity contribution < 1.29 is 38.2 Å². The first-order valence-electron chi connectivity index (χ1n) is 18.4. The summed E-state index contributed by atoms with van der Waals surface area (Å²) in [6, 6.07) is 12.6. The van der Waals surface area contributed by atoms with Crippen molar-refractivity contribution in [2.24, 2.45) is 11.8 Å². The molecule has 2 aromatic rings. The summed E-state index contributed by atoms with van der Waals surface area (Å²) in [5.74, 6) is -3.39. The molecule has 0 fully saturated rings. The SMILES string of the molecule is COC(=O)[C@@H](NC(=O)[C@@H](NC(=S)[C@H](Cc1ccccc1)NC(=O)[C@H](Cc1ccccc1)NC(=O)[C@H](C)NC(=O)[C@H](C)NC(=O)OC(C)(C)C)C(C)C)C(C)C. The molecule has 0 aliphatic heterocycles. The van der Waals surface area contributed by atoms with E-state index in [4.69, 9.17) is 21.7 Å². The third kappa shape index (κ3) is 16.1. The van der Waals surface area contributed by atoms with Crippen LogP contribution in [-0.4, -0.2) is 89.6 Å². The van der Waals surface area contributed by atoms with Gasteiger partial charge in [0, 0.05) is 6.42 Å². The maximum Gasteiger partial charge on any atom is 0.408 e. The molecule has 0 aromatic heterocycles. The van der Waals surface area contributed by atoms with Crippen LogP contribution in [0.4, 0.5) is 4.79 Å². The van der Waals surface area contributed by atoms with Crippen LogP contribution in [-0.2, 0) is 46.3 Å². The van der Waals surface area contributed by atoms with Gasteiger partial charge in [0.1, 0.15) is 35.8 Å². The van der Waals surface area contributed by atoms with E-state index in [1.54, 1.807) is 34.6 Å². The molecule has 14 nitrogen and oxygen atoms in total. The van der Waals surface area contributed by atoms with Crippen molar-refractivity contribution in [2.75, 3.05) is 7.11 Å². The highest BCUT2D eigenvalue weighted by molar-refractivity contribution is 7.80. The van der Waals surface area contributed by atoms with Gasteiger partial charge in [0.05, 0.1) is 18.1 Å². The maximum absolute atomic E-state index is 14.2. The number of carbonyl (C=O) groups is 6. The molecule has 15 heteroatoms. The van der Waals surface area contributed by atoms with E-state index in [1.807, 2.05) is 74.5 Å². The molecule has 0 unspecified atom stereocenters. The standard InChI is InChI=1S/C40H58N6O8S/c1-23(2)31(36(50)45-32(24(3)4)38(51)53-10)46-37(55)30(22-28-19-15-12-16-20-28)44-35(49)29(21-27-17-13-11-14-18-27)43-34(48)25(5)41-33(47)26(6)42-39(52)54-40(7,8)9/h11-20,23-26,29-32H,21-22H2,1-10H3,(H,41,47)(H,42,52)(H,43,48)(H,44,49)(H,45,50)(H,46,55)/t25-,26-,29-,30-,31-,32-/m0/s1. The van der Waals surface area contributed by atoms with Crippen molar-refractivity contribution in [1.29, 1.82) is 0 Å². The average molecular weight is 783 g/mol. The summed E-state index contributed by atoms with van der Waals surface area (Å²) >= 11 is 5.85. The normalized spacial score (nSPS) is 14.5. The predicted octanol–water partition coefficient (Wildman–Crippen LogP) is 3.11. The lowest BCUT2D eigenvalue weighted by Gasteiger charge is -2.30. The van der Waals surface area contributed by atoms with Crippen molar-refractivity contribution in [3.8, 4) is 0 Å². The number of hydrogen-bond donors (Lipinski definition) is 6. The fourth-order valence-electron chi connectivity index (χ4n) is 5.30. The number of alkyl carbamates (subject to hydrolysis) is 1. The molecule has 0 saturated carbocycles. The van der Waals surface area contributed by atoms with Gasteiger partial charge in [-0.3, -0.25) is 19.2 Å². The topological polar surface area (TPSA) is 193 Å². The van der Waals surface area contributed by atoms with Gasteiger partial charge in [-0.1, -0.05) is 101 Å².